The Labute approximate surface area is 115 Å². The van der Waals surface area contributed by atoms with E-state index in [4.69, 9.17) is 24.8 Å². The average molecular weight is 288 g/mol. The SMILES string of the molecule is CCO.COc1cc(C(=O)O)cc(OC)c1OC(=O)O. The first kappa shape index (κ1) is 17.5. The van der Waals surface area contributed by atoms with Gasteiger partial charge in [-0.15, -0.1) is 0 Å². The number of carboxylic acids is 1. The third kappa shape index (κ3) is 5.02. The summed E-state index contributed by atoms with van der Waals surface area (Å²) in [6.45, 7) is 1.93. The van der Waals surface area contributed by atoms with Crippen molar-refractivity contribution in [2.45, 2.75) is 6.92 Å². The number of aliphatic hydroxyl groups excluding tert-OH is 1. The zero-order valence-electron chi connectivity index (χ0n) is 11.2. The van der Waals surface area contributed by atoms with Crippen LogP contribution in [0.15, 0.2) is 12.1 Å². The molecule has 0 aliphatic heterocycles. The predicted octanol–water partition coefficient (Wildman–Crippen LogP) is 1.46. The van der Waals surface area contributed by atoms with E-state index < -0.39 is 12.1 Å². The van der Waals surface area contributed by atoms with Crippen molar-refractivity contribution in [3.8, 4) is 17.2 Å². The molecule has 0 amide bonds. The first-order chi connectivity index (χ1) is 9.40. The van der Waals surface area contributed by atoms with Gasteiger partial charge in [-0.2, -0.15) is 0 Å². The standard InChI is InChI=1S/C10H10O7.C2H6O/c1-15-6-3-5(9(11)12)4-7(16-2)8(6)17-10(13)14;1-2-3/h3-4H,1-2H3,(H,11,12)(H,13,14);3H,2H2,1H3. The second-order valence-corrected chi connectivity index (χ2v) is 3.20. The summed E-state index contributed by atoms with van der Waals surface area (Å²) in [5.41, 5.74) is -0.101. The van der Waals surface area contributed by atoms with Crippen molar-refractivity contribution in [3.63, 3.8) is 0 Å². The minimum absolute atomic E-state index is 0.0378. The summed E-state index contributed by atoms with van der Waals surface area (Å²) in [4.78, 5) is 21.3. The van der Waals surface area contributed by atoms with E-state index in [0.29, 0.717) is 0 Å². The van der Waals surface area contributed by atoms with Crippen molar-refractivity contribution >= 4 is 12.1 Å². The Bertz CT molecular complexity index is 444. The smallest absolute Gasteiger partial charge is 0.493 e. The molecule has 0 heterocycles. The molecule has 112 valence electrons. The van der Waals surface area contributed by atoms with Crippen LogP contribution in [0.1, 0.15) is 17.3 Å². The molecule has 3 N–H and O–H groups in total. The highest BCUT2D eigenvalue weighted by Gasteiger charge is 2.19. The van der Waals surface area contributed by atoms with Gasteiger partial charge in [0, 0.05) is 6.61 Å². The molecule has 0 aliphatic carbocycles. The molecule has 0 saturated carbocycles. The summed E-state index contributed by atoms with van der Waals surface area (Å²) in [5.74, 6) is -1.45. The van der Waals surface area contributed by atoms with E-state index in [0.717, 1.165) is 12.1 Å². The van der Waals surface area contributed by atoms with Crippen LogP contribution in [-0.2, 0) is 0 Å². The van der Waals surface area contributed by atoms with Crippen LogP contribution in [0.25, 0.3) is 0 Å². The number of hydrogen-bond donors (Lipinski definition) is 3. The minimum atomic E-state index is -1.55. The van der Waals surface area contributed by atoms with Gasteiger partial charge in [0.1, 0.15) is 0 Å². The Morgan fingerprint density at radius 1 is 1.10 bits per heavy atom. The van der Waals surface area contributed by atoms with E-state index in [-0.39, 0.29) is 29.4 Å². The maximum absolute atomic E-state index is 10.8. The van der Waals surface area contributed by atoms with E-state index >= 15 is 0 Å². The monoisotopic (exact) mass is 288 g/mol. The normalized spacial score (nSPS) is 9.00. The first-order valence-electron chi connectivity index (χ1n) is 5.42. The summed E-state index contributed by atoms with van der Waals surface area (Å²) in [6.07, 6.45) is -1.55. The van der Waals surface area contributed by atoms with Gasteiger partial charge in [0.05, 0.1) is 19.8 Å². The Morgan fingerprint density at radius 2 is 1.50 bits per heavy atom. The van der Waals surface area contributed by atoms with Crippen molar-refractivity contribution in [1.82, 2.24) is 0 Å². The molecule has 1 aromatic rings. The Morgan fingerprint density at radius 3 is 1.75 bits per heavy atom. The van der Waals surface area contributed by atoms with Crippen LogP contribution in [-0.4, -0.2) is 48.3 Å². The molecule has 8 nitrogen and oxygen atoms in total. The Balaban J connectivity index is 0.00000110. The number of rotatable bonds is 4. The molecular weight excluding hydrogens is 272 g/mol. The number of aliphatic hydroxyl groups is 1. The molecule has 0 radical (unpaired) electrons. The van der Waals surface area contributed by atoms with Gasteiger partial charge in [-0.25, -0.2) is 9.59 Å². The van der Waals surface area contributed by atoms with Crippen LogP contribution in [0.3, 0.4) is 0 Å². The summed E-state index contributed by atoms with van der Waals surface area (Å²) in [5, 5.41) is 24.9. The third-order valence-electron chi connectivity index (χ3n) is 1.90. The van der Waals surface area contributed by atoms with Gasteiger partial charge < -0.3 is 29.5 Å². The summed E-state index contributed by atoms with van der Waals surface area (Å²) in [6, 6.07) is 2.28. The lowest BCUT2D eigenvalue weighted by Crippen LogP contribution is -2.07. The zero-order chi connectivity index (χ0) is 15.7. The van der Waals surface area contributed by atoms with Crippen LogP contribution in [0, 0.1) is 0 Å². The maximum atomic E-state index is 10.8. The lowest BCUT2D eigenvalue weighted by Gasteiger charge is -2.12. The molecule has 1 aromatic carbocycles. The Kier molecular flexibility index (Phi) is 7.53. The Hall–Kier alpha value is -2.48. The molecule has 0 saturated heterocycles. The van der Waals surface area contributed by atoms with Crippen molar-refractivity contribution in [3.05, 3.63) is 17.7 Å². The van der Waals surface area contributed by atoms with Crippen LogP contribution in [0.2, 0.25) is 0 Å². The fourth-order valence-corrected chi connectivity index (χ4v) is 1.19. The molecule has 0 bridgehead atoms. The second-order valence-electron chi connectivity index (χ2n) is 3.20. The number of carbonyl (C=O) groups is 2. The lowest BCUT2D eigenvalue weighted by atomic mass is 10.2. The van der Waals surface area contributed by atoms with Crippen molar-refractivity contribution in [2.24, 2.45) is 0 Å². The molecule has 1 rings (SSSR count). The van der Waals surface area contributed by atoms with Crippen molar-refractivity contribution < 1.29 is 39.1 Å². The second kappa shape index (κ2) is 8.59. The van der Waals surface area contributed by atoms with Gasteiger partial charge in [0.25, 0.3) is 0 Å². The topological polar surface area (TPSA) is 123 Å². The van der Waals surface area contributed by atoms with Gasteiger partial charge >= 0.3 is 12.1 Å². The van der Waals surface area contributed by atoms with Crippen LogP contribution in [0.5, 0.6) is 17.2 Å². The van der Waals surface area contributed by atoms with Gasteiger partial charge in [0.2, 0.25) is 5.75 Å². The van der Waals surface area contributed by atoms with E-state index in [1.807, 2.05) is 0 Å². The first-order valence-corrected chi connectivity index (χ1v) is 5.42. The van der Waals surface area contributed by atoms with Crippen molar-refractivity contribution in [2.75, 3.05) is 20.8 Å². The number of hydrogen-bond acceptors (Lipinski definition) is 6. The highest BCUT2D eigenvalue weighted by molar-refractivity contribution is 5.89. The van der Waals surface area contributed by atoms with E-state index in [9.17, 15) is 9.59 Å². The van der Waals surface area contributed by atoms with Gasteiger partial charge in [-0.3, -0.25) is 0 Å². The maximum Gasteiger partial charge on any atom is 0.511 e. The summed E-state index contributed by atoms with van der Waals surface area (Å²) >= 11 is 0. The number of carboxylic acid groups (broad SMARTS) is 2. The van der Waals surface area contributed by atoms with Crippen LogP contribution in [0.4, 0.5) is 4.79 Å². The molecule has 0 fully saturated rings. The van der Waals surface area contributed by atoms with E-state index in [1.54, 1.807) is 6.92 Å². The zero-order valence-corrected chi connectivity index (χ0v) is 11.2. The molecule has 0 aliphatic rings. The number of aromatic carboxylic acids is 1. The largest absolute Gasteiger partial charge is 0.511 e. The number of methoxy groups -OCH3 is 2. The fourth-order valence-electron chi connectivity index (χ4n) is 1.19. The summed E-state index contributed by atoms with van der Waals surface area (Å²) in [7, 11) is 2.52. The number of ether oxygens (including phenoxy) is 3. The average Bonchev–Trinajstić information content (AvgIpc) is 2.38. The quantitative estimate of drug-likeness (QED) is 0.562. The van der Waals surface area contributed by atoms with Crippen molar-refractivity contribution in [1.29, 1.82) is 0 Å². The highest BCUT2D eigenvalue weighted by atomic mass is 16.7. The van der Waals surface area contributed by atoms with Gasteiger partial charge in [-0.1, -0.05) is 0 Å². The molecule has 0 spiro atoms. The molecule has 0 atom stereocenters. The molecule has 20 heavy (non-hydrogen) atoms. The molecule has 8 heteroatoms. The number of benzene rings is 1. The summed E-state index contributed by atoms with van der Waals surface area (Å²) < 4.78 is 14.2. The van der Waals surface area contributed by atoms with Gasteiger partial charge in [-0.05, 0) is 19.1 Å². The van der Waals surface area contributed by atoms with E-state index in [1.165, 1.54) is 14.2 Å². The van der Waals surface area contributed by atoms with Crippen LogP contribution < -0.4 is 14.2 Å². The molecule has 0 aromatic heterocycles. The fraction of sp³-hybridized carbons (Fsp3) is 0.333. The van der Waals surface area contributed by atoms with Crippen LogP contribution >= 0.6 is 0 Å². The molecular formula is C12H16O8. The highest BCUT2D eigenvalue weighted by Crippen LogP contribution is 2.38. The lowest BCUT2D eigenvalue weighted by molar-refractivity contribution is 0.0696. The minimum Gasteiger partial charge on any atom is -0.493 e. The molecule has 0 unspecified atom stereocenters. The van der Waals surface area contributed by atoms with Gasteiger partial charge in [0.15, 0.2) is 11.5 Å². The predicted molar refractivity (Wildman–Crippen MR) is 67.9 cm³/mol. The van der Waals surface area contributed by atoms with E-state index in [2.05, 4.69) is 4.74 Å². The third-order valence-corrected chi connectivity index (χ3v) is 1.90.